The number of urea groups is 1. The number of halogens is 1. The molecule has 1 aromatic carbocycles. The maximum absolute atomic E-state index is 12.8. The van der Waals surface area contributed by atoms with E-state index in [0.717, 1.165) is 29.7 Å². The molecule has 1 saturated carbocycles. The monoisotopic (exact) mass is 377 g/mol. The Balaban J connectivity index is 1.53. The zero-order chi connectivity index (χ0) is 18.7. The normalized spacial score (nSPS) is 25.5. The molecule has 4 amide bonds. The summed E-state index contributed by atoms with van der Waals surface area (Å²) in [6.45, 7) is 2.19. The van der Waals surface area contributed by atoms with Crippen molar-refractivity contribution in [2.24, 2.45) is 5.92 Å². The number of hydrogen-bond acceptors (Lipinski definition) is 3. The Kier molecular flexibility index (Phi) is 5.51. The smallest absolute Gasteiger partial charge is 0.325 e. The van der Waals surface area contributed by atoms with Crippen LogP contribution in [0, 0.1) is 5.92 Å². The lowest BCUT2D eigenvalue weighted by atomic mass is 9.73. The summed E-state index contributed by atoms with van der Waals surface area (Å²) in [4.78, 5) is 38.3. The second kappa shape index (κ2) is 7.66. The number of nitrogens with zero attached hydrogens (tertiary/aromatic N) is 1. The summed E-state index contributed by atoms with van der Waals surface area (Å²) >= 11 is 5.85. The molecule has 2 aliphatic rings. The number of benzene rings is 1. The molecule has 1 aliphatic carbocycles. The van der Waals surface area contributed by atoms with Crippen molar-refractivity contribution in [3.63, 3.8) is 0 Å². The quantitative estimate of drug-likeness (QED) is 0.774. The van der Waals surface area contributed by atoms with Crippen LogP contribution in [-0.4, -0.2) is 41.4 Å². The molecule has 2 unspecified atom stereocenters. The van der Waals surface area contributed by atoms with Gasteiger partial charge in [-0.1, -0.05) is 43.5 Å². The summed E-state index contributed by atoms with van der Waals surface area (Å²) in [7, 11) is 0. The van der Waals surface area contributed by atoms with Gasteiger partial charge in [0.05, 0.1) is 0 Å². The van der Waals surface area contributed by atoms with Gasteiger partial charge in [0.25, 0.3) is 5.91 Å². The fourth-order valence-corrected chi connectivity index (χ4v) is 3.96. The van der Waals surface area contributed by atoms with Crippen LogP contribution in [0.3, 0.4) is 0 Å². The third kappa shape index (κ3) is 3.70. The predicted molar refractivity (Wildman–Crippen MR) is 98.8 cm³/mol. The molecule has 0 bridgehead atoms. The van der Waals surface area contributed by atoms with Crippen LogP contribution in [-0.2, 0) is 16.0 Å². The van der Waals surface area contributed by atoms with Gasteiger partial charge in [-0.2, -0.15) is 0 Å². The van der Waals surface area contributed by atoms with Crippen molar-refractivity contribution in [2.75, 3.05) is 13.1 Å². The fourth-order valence-electron chi connectivity index (χ4n) is 3.84. The first-order chi connectivity index (χ1) is 12.4. The minimum absolute atomic E-state index is 0.0886. The summed E-state index contributed by atoms with van der Waals surface area (Å²) < 4.78 is 0. The minimum atomic E-state index is -0.821. The van der Waals surface area contributed by atoms with Crippen LogP contribution < -0.4 is 10.6 Å². The summed E-state index contributed by atoms with van der Waals surface area (Å²) in [6.07, 6.45) is 4.19. The van der Waals surface area contributed by atoms with Crippen LogP contribution in [0.15, 0.2) is 24.3 Å². The first-order valence-corrected chi connectivity index (χ1v) is 9.45. The van der Waals surface area contributed by atoms with E-state index in [1.807, 2.05) is 19.1 Å². The molecule has 140 valence electrons. The van der Waals surface area contributed by atoms with Crippen molar-refractivity contribution in [3.05, 3.63) is 34.9 Å². The molecule has 1 aromatic rings. The number of carbonyl (C=O) groups excluding carboxylic acids is 3. The van der Waals surface area contributed by atoms with Gasteiger partial charge in [-0.05, 0) is 42.9 Å². The van der Waals surface area contributed by atoms with E-state index in [2.05, 4.69) is 10.6 Å². The largest absolute Gasteiger partial charge is 0.354 e. The van der Waals surface area contributed by atoms with Gasteiger partial charge in [0.1, 0.15) is 12.1 Å². The highest BCUT2D eigenvalue weighted by Gasteiger charge is 2.55. The molecule has 3 rings (SSSR count). The highest BCUT2D eigenvalue weighted by molar-refractivity contribution is 6.30. The van der Waals surface area contributed by atoms with Gasteiger partial charge in [0.2, 0.25) is 5.91 Å². The van der Waals surface area contributed by atoms with E-state index in [-0.39, 0.29) is 24.3 Å². The van der Waals surface area contributed by atoms with Crippen LogP contribution in [0.25, 0.3) is 0 Å². The SMILES string of the molecule is CC1CCCCC12NC(=O)N(CC(=O)NCCc1ccc(Cl)cc1)C2=O. The molecule has 2 N–H and O–H groups in total. The Hall–Kier alpha value is -2.08. The standard InChI is InChI=1S/C19H24ClN3O3/c1-13-4-2-3-10-19(13)17(25)23(18(26)22-19)12-16(24)21-11-9-14-5-7-15(20)8-6-14/h5-8,13H,2-4,9-12H2,1H3,(H,21,24)(H,22,26). The van der Waals surface area contributed by atoms with Crippen molar-refractivity contribution in [1.82, 2.24) is 15.5 Å². The van der Waals surface area contributed by atoms with Crippen LogP contribution in [0.5, 0.6) is 0 Å². The number of hydrogen-bond donors (Lipinski definition) is 2. The molecule has 1 aliphatic heterocycles. The van der Waals surface area contributed by atoms with Crippen LogP contribution in [0.1, 0.15) is 38.2 Å². The Morgan fingerprint density at radius 2 is 2.04 bits per heavy atom. The second-order valence-corrected chi connectivity index (χ2v) is 7.60. The average Bonchev–Trinajstić information content (AvgIpc) is 2.84. The fraction of sp³-hybridized carbons (Fsp3) is 0.526. The number of amides is 4. The summed E-state index contributed by atoms with van der Waals surface area (Å²) in [6, 6.07) is 6.95. The number of nitrogens with one attached hydrogen (secondary N) is 2. The summed E-state index contributed by atoms with van der Waals surface area (Å²) in [5, 5.41) is 6.30. The Morgan fingerprint density at radius 1 is 1.31 bits per heavy atom. The van der Waals surface area contributed by atoms with E-state index >= 15 is 0 Å². The molecule has 6 nitrogen and oxygen atoms in total. The number of carbonyl (C=O) groups is 3. The molecular formula is C19H24ClN3O3. The predicted octanol–water partition coefficient (Wildman–Crippen LogP) is 2.50. The zero-order valence-electron chi connectivity index (χ0n) is 14.9. The lowest BCUT2D eigenvalue weighted by Gasteiger charge is -2.36. The number of imide groups is 1. The molecule has 2 fully saturated rings. The van der Waals surface area contributed by atoms with Gasteiger partial charge in [0, 0.05) is 11.6 Å². The Morgan fingerprint density at radius 3 is 2.73 bits per heavy atom. The van der Waals surface area contributed by atoms with E-state index in [4.69, 9.17) is 11.6 Å². The third-order valence-corrected chi connectivity index (χ3v) is 5.70. The van der Waals surface area contributed by atoms with Gasteiger partial charge in [-0.15, -0.1) is 0 Å². The lowest BCUT2D eigenvalue weighted by Crippen LogP contribution is -2.54. The van der Waals surface area contributed by atoms with Crippen LogP contribution in [0.2, 0.25) is 5.02 Å². The summed E-state index contributed by atoms with van der Waals surface area (Å²) in [5.41, 5.74) is 0.235. The van der Waals surface area contributed by atoms with Crippen molar-refractivity contribution >= 4 is 29.4 Å². The van der Waals surface area contributed by atoms with E-state index in [9.17, 15) is 14.4 Å². The van der Waals surface area contributed by atoms with Gasteiger partial charge < -0.3 is 10.6 Å². The van der Waals surface area contributed by atoms with Crippen molar-refractivity contribution in [1.29, 1.82) is 0 Å². The minimum Gasteiger partial charge on any atom is -0.354 e. The highest BCUT2D eigenvalue weighted by Crippen LogP contribution is 2.38. The van der Waals surface area contributed by atoms with E-state index < -0.39 is 11.6 Å². The van der Waals surface area contributed by atoms with Crippen molar-refractivity contribution in [2.45, 2.75) is 44.6 Å². The molecule has 1 saturated heterocycles. The molecule has 1 heterocycles. The van der Waals surface area contributed by atoms with Crippen molar-refractivity contribution in [3.8, 4) is 0 Å². The lowest BCUT2D eigenvalue weighted by molar-refractivity contribution is -0.137. The topological polar surface area (TPSA) is 78.5 Å². The Bertz CT molecular complexity index is 706. The average molecular weight is 378 g/mol. The Labute approximate surface area is 158 Å². The first-order valence-electron chi connectivity index (χ1n) is 9.07. The van der Waals surface area contributed by atoms with E-state index in [1.54, 1.807) is 12.1 Å². The molecule has 1 spiro atoms. The third-order valence-electron chi connectivity index (χ3n) is 5.45. The highest BCUT2D eigenvalue weighted by atomic mass is 35.5. The number of rotatable bonds is 5. The van der Waals surface area contributed by atoms with Gasteiger partial charge in [-0.25, -0.2) is 4.79 Å². The van der Waals surface area contributed by atoms with Crippen LogP contribution >= 0.6 is 11.6 Å². The molecule has 26 heavy (non-hydrogen) atoms. The van der Waals surface area contributed by atoms with Gasteiger partial charge in [0.15, 0.2) is 0 Å². The molecule has 0 radical (unpaired) electrons. The molecule has 0 aromatic heterocycles. The molecule has 2 atom stereocenters. The first kappa shape index (κ1) is 18.7. The van der Waals surface area contributed by atoms with Gasteiger partial charge >= 0.3 is 6.03 Å². The van der Waals surface area contributed by atoms with Crippen molar-refractivity contribution < 1.29 is 14.4 Å². The zero-order valence-corrected chi connectivity index (χ0v) is 15.6. The van der Waals surface area contributed by atoms with Gasteiger partial charge in [-0.3, -0.25) is 14.5 Å². The van der Waals surface area contributed by atoms with E-state index in [1.165, 1.54) is 0 Å². The van der Waals surface area contributed by atoms with E-state index in [0.29, 0.717) is 24.4 Å². The maximum atomic E-state index is 12.8. The second-order valence-electron chi connectivity index (χ2n) is 7.17. The molecular weight excluding hydrogens is 354 g/mol. The maximum Gasteiger partial charge on any atom is 0.325 e. The van der Waals surface area contributed by atoms with Crippen LogP contribution in [0.4, 0.5) is 4.79 Å². The molecule has 7 heteroatoms. The summed E-state index contributed by atoms with van der Waals surface area (Å²) in [5.74, 6) is -0.504.